The number of sulfonamides is 1. The number of alkyl halides is 3. The largest absolute Gasteiger partial charge is 0.416 e. The summed E-state index contributed by atoms with van der Waals surface area (Å²) in [5.74, 6) is -0.364. The van der Waals surface area contributed by atoms with Gasteiger partial charge in [-0.25, -0.2) is 8.42 Å². The summed E-state index contributed by atoms with van der Waals surface area (Å²) in [4.78, 5) is 26.1. The molecule has 0 spiro atoms. The Morgan fingerprint density at radius 1 is 0.921 bits per heavy atom. The van der Waals surface area contributed by atoms with Gasteiger partial charge in [0.2, 0.25) is 21.8 Å². The molecule has 2 fully saturated rings. The molecule has 2 aliphatic rings. The molecule has 0 atom stereocenters. The molecular formula is C27H32F3N3O4S. The number of piperidine rings is 1. The van der Waals surface area contributed by atoms with Crippen molar-refractivity contribution in [1.82, 2.24) is 14.5 Å². The third kappa shape index (κ3) is 7.13. The van der Waals surface area contributed by atoms with Crippen LogP contribution in [0.4, 0.5) is 13.2 Å². The van der Waals surface area contributed by atoms with E-state index in [2.05, 4.69) is 5.32 Å². The topological polar surface area (TPSA) is 86.8 Å². The van der Waals surface area contributed by atoms with Crippen LogP contribution in [0.15, 0.2) is 59.5 Å². The monoisotopic (exact) mass is 551 g/mol. The molecule has 2 amide bonds. The van der Waals surface area contributed by atoms with Crippen LogP contribution in [0.3, 0.4) is 0 Å². The van der Waals surface area contributed by atoms with E-state index in [0.717, 1.165) is 17.7 Å². The molecule has 206 valence electrons. The first-order chi connectivity index (χ1) is 18.1. The molecule has 11 heteroatoms. The summed E-state index contributed by atoms with van der Waals surface area (Å²) in [6.45, 7) is 1.15. The third-order valence-corrected chi connectivity index (χ3v) is 8.97. The lowest BCUT2D eigenvalue weighted by molar-refractivity contribution is -0.137. The summed E-state index contributed by atoms with van der Waals surface area (Å²) in [6.07, 6.45) is -1.68. The van der Waals surface area contributed by atoms with Gasteiger partial charge in [-0.2, -0.15) is 17.5 Å². The highest BCUT2D eigenvalue weighted by molar-refractivity contribution is 7.89. The fraction of sp³-hybridized carbons (Fsp3) is 0.481. The van der Waals surface area contributed by atoms with Gasteiger partial charge < -0.3 is 10.2 Å². The van der Waals surface area contributed by atoms with E-state index in [-0.39, 0.29) is 35.6 Å². The molecule has 2 aromatic carbocycles. The van der Waals surface area contributed by atoms with Crippen molar-refractivity contribution in [2.75, 3.05) is 19.6 Å². The number of benzene rings is 2. The van der Waals surface area contributed by atoms with Crippen molar-refractivity contribution >= 4 is 21.8 Å². The molecule has 2 aromatic rings. The second-order valence-corrected chi connectivity index (χ2v) is 11.6. The number of halogens is 3. The zero-order valence-electron chi connectivity index (χ0n) is 21.0. The third-order valence-electron chi connectivity index (χ3n) is 6.97. The van der Waals surface area contributed by atoms with Gasteiger partial charge in [-0.1, -0.05) is 36.4 Å². The summed E-state index contributed by atoms with van der Waals surface area (Å²) in [5, 5.41) is 2.82. The molecular weight excluding hydrogens is 519 g/mol. The van der Waals surface area contributed by atoms with Gasteiger partial charge in [-0.3, -0.25) is 9.59 Å². The van der Waals surface area contributed by atoms with Gasteiger partial charge >= 0.3 is 6.18 Å². The van der Waals surface area contributed by atoms with Crippen molar-refractivity contribution < 1.29 is 31.2 Å². The molecule has 0 aromatic heterocycles. The minimum Gasteiger partial charge on any atom is -0.356 e. The van der Waals surface area contributed by atoms with E-state index >= 15 is 0 Å². The fourth-order valence-corrected chi connectivity index (χ4v) is 6.78. The molecule has 38 heavy (non-hydrogen) atoms. The lowest BCUT2D eigenvalue weighted by Crippen LogP contribution is -2.49. The second kappa shape index (κ2) is 11.9. The van der Waals surface area contributed by atoms with Crippen molar-refractivity contribution in [3.63, 3.8) is 0 Å². The lowest BCUT2D eigenvalue weighted by atomic mass is 10.0. The minimum absolute atomic E-state index is 0.0662. The van der Waals surface area contributed by atoms with Crippen LogP contribution in [0.25, 0.3) is 0 Å². The molecule has 0 unspecified atom stereocenters. The van der Waals surface area contributed by atoms with E-state index in [0.29, 0.717) is 57.8 Å². The Hall–Kier alpha value is -2.92. The zero-order valence-corrected chi connectivity index (χ0v) is 21.8. The summed E-state index contributed by atoms with van der Waals surface area (Å²) < 4.78 is 67.7. The van der Waals surface area contributed by atoms with Gasteiger partial charge in [0.1, 0.15) is 0 Å². The Labute approximate surface area is 221 Å². The van der Waals surface area contributed by atoms with Crippen LogP contribution in [-0.2, 0) is 32.2 Å². The van der Waals surface area contributed by atoms with E-state index in [1.54, 1.807) is 4.90 Å². The van der Waals surface area contributed by atoms with Crippen LogP contribution >= 0.6 is 0 Å². The van der Waals surface area contributed by atoms with E-state index in [1.807, 2.05) is 30.3 Å². The van der Waals surface area contributed by atoms with Crippen LogP contribution in [-0.4, -0.2) is 61.2 Å². The molecule has 1 aliphatic heterocycles. The van der Waals surface area contributed by atoms with Crippen LogP contribution in [0, 0.1) is 0 Å². The molecule has 0 bridgehead atoms. The van der Waals surface area contributed by atoms with E-state index in [9.17, 15) is 31.2 Å². The van der Waals surface area contributed by atoms with Gasteiger partial charge in [0, 0.05) is 44.6 Å². The predicted molar refractivity (Wildman–Crippen MR) is 135 cm³/mol. The number of likely N-dealkylation sites (tertiary alicyclic amines) is 1. The standard InChI is InChI=1S/C27H32F3N3O4S/c28-27(29,30)21-7-4-8-24(19-21)38(36,37)33(22-9-10-22)23-14-17-32(18-15-23)26(35)12-11-25(34)31-16-13-20-5-2-1-3-6-20/h1-8,19,22-23H,9-18H2,(H,31,34). The Balaban J connectivity index is 1.28. The van der Waals surface area contributed by atoms with Gasteiger partial charge in [-0.15, -0.1) is 0 Å². The molecule has 1 aliphatic carbocycles. The normalized spacial score (nSPS) is 17.0. The highest BCUT2D eigenvalue weighted by Gasteiger charge is 2.44. The SMILES string of the molecule is O=C(CCC(=O)N1CCC(N(C2CC2)S(=O)(=O)c2cccc(C(F)(F)F)c2)CC1)NCCc1ccccc1. The highest BCUT2D eigenvalue weighted by Crippen LogP contribution is 2.38. The molecule has 1 saturated carbocycles. The Morgan fingerprint density at radius 2 is 1.58 bits per heavy atom. The number of hydrogen-bond acceptors (Lipinski definition) is 4. The van der Waals surface area contributed by atoms with E-state index in [4.69, 9.17) is 0 Å². The van der Waals surface area contributed by atoms with Crippen molar-refractivity contribution in [1.29, 1.82) is 0 Å². The van der Waals surface area contributed by atoms with Crippen LogP contribution < -0.4 is 5.32 Å². The van der Waals surface area contributed by atoms with Gasteiger partial charge in [0.25, 0.3) is 0 Å². The van der Waals surface area contributed by atoms with Crippen molar-refractivity contribution in [2.45, 2.75) is 68.1 Å². The number of nitrogens with one attached hydrogen (secondary N) is 1. The van der Waals surface area contributed by atoms with E-state index < -0.39 is 27.8 Å². The van der Waals surface area contributed by atoms with Gasteiger partial charge in [0.15, 0.2) is 0 Å². The Kier molecular flexibility index (Phi) is 8.77. The molecule has 4 rings (SSSR count). The van der Waals surface area contributed by atoms with Crippen LogP contribution in [0.2, 0.25) is 0 Å². The van der Waals surface area contributed by atoms with Crippen molar-refractivity contribution in [3.8, 4) is 0 Å². The summed E-state index contributed by atoms with van der Waals surface area (Å²) in [6, 6.07) is 13.0. The first kappa shape index (κ1) is 28.1. The first-order valence-corrected chi connectivity index (χ1v) is 14.3. The maximum absolute atomic E-state index is 13.4. The number of carbonyl (C=O) groups excluding carboxylic acids is 2. The van der Waals surface area contributed by atoms with Crippen LogP contribution in [0.1, 0.15) is 49.7 Å². The average molecular weight is 552 g/mol. The average Bonchev–Trinajstić information content (AvgIpc) is 3.73. The lowest BCUT2D eigenvalue weighted by Gasteiger charge is -2.38. The van der Waals surface area contributed by atoms with E-state index in [1.165, 1.54) is 10.4 Å². The molecule has 1 heterocycles. The number of amides is 2. The summed E-state index contributed by atoms with van der Waals surface area (Å²) >= 11 is 0. The van der Waals surface area contributed by atoms with Gasteiger partial charge in [0.05, 0.1) is 10.5 Å². The van der Waals surface area contributed by atoms with Crippen LogP contribution in [0.5, 0.6) is 0 Å². The fourth-order valence-electron chi connectivity index (χ4n) is 4.80. The van der Waals surface area contributed by atoms with Gasteiger partial charge in [-0.05, 0) is 55.9 Å². The van der Waals surface area contributed by atoms with Crippen molar-refractivity contribution in [2.24, 2.45) is 0 Å². The molecule has 7 nitrogen and oxygen atoms in total. The second-order valence-electron chi connectivity index (χ2n) is 9.79. The smallest absolute Gasteiger partial charge is 0.356 e. The predicted octanol–water partition coefficient (Wildman–Crippen LogP) is 3.99. The Bertz CT molecular complexity index is 1230. The summed E-state index contributed by atoms with van der Waals surface area (Å²) in [7, 11) is -4.13. The summed E-state index contributed by atoms with van der Waals surface area (Å²) in [5.41, 5.74) is 0.112. The highest BCUT2D eigenvalue weighted by atomic mass is 32.2. The molecule has 1 N–H and O–H groups in total. The molecule has 1 saturated heterocycles. The zero-order chi connectivity index (χ0) is 27.3. The maximum atomic E-state index is 13.4. The number of rotatable bonds is 10. The number of carbonyl (C=O) groups is 2. The Morgan fingerprint density at radius 3 is 2.21 bits per heavy atom. The number of hydrogen-bond donors (Lipinski definition) is 1. The maximum Gasteiger partial charge on any atom is 0.416 e. The molecule has 0 radical (unpaired) electrons. The van der Waals surface area contributed by atoms with Crippen molar-refractivity contribution in [3.05, 3.63) is 65.7 Å². The minimum atomic E-state index is -4.64. The number of nitrogens with zero attached hydrogens (tertiary/aromatic N) is 2. The first-order valence-electron chi connectivity index (χ1n) is 12.8. The quantitative estimate of drug-likeness (QED) is 0.484.